The molecule has 9 heteroatoms. The third kappa shape index (κ3) is 6.08. The molecule has 2 heterocycles. The first-order chi connectivity index (χ1) is 16.8. The molecule has 0 radical (unpaired) electrons. The van der Waals surface area contributed by atoms with Crippen molar-refractivity contribution < 1.29 is 18.0 Å². The van der Waals surface area contributed by atoms with Gasteiger partial charge in [0.05, 0.1) is 18.8 Å². The maximum Gasteiger partial charge on any atom is 0.272 e. The number of rotatable bonds is 8. The first-order valence-corrected chi connectivity index (χ1v) is 11.3. The summed E-state index contributed by atoms with van der Waals surface area (Å²) in [5, 5.41) is 7.72. The van der Waals surface area contributed by atoms with E-state index in [1.807, 2.05) is 19.1 Å². The van der Waals surface area contributed by atoms with Crippen molar-refractivity contribution in [3.05, 3.63) is 117 Å². The van der Waals surface area contributed by atoms with Gasteiger partial charge in [0.15, 0.2) is 0 Å². The molecule has 1 N–H and O–H groups in total. The molecular weight excluding hydrogens is 477 g/mol. The number of nitrogens with zero attached hydrogens (tertiary/aromatic N) is 3. The van der Waals surface area contributed by atoms with Crippen LogP contribution < -0.4 is 5.32 Å². The first kappa shape index (κ1) is 24.5. The van der Waals surface area contributed by atoms with Gasteiger partial charge in [-0.05, 0) is 61.2 Å². The smallest absolute Gasteiger partial charge is 0.272 e. The van der Waals surface area contributed by atoms with Gasteiger partial charge in [0.1, 0.15) is 23.1 Å². The molecule has 0 spiro atoms. The van der Waals surface area contributed by atoms with E-state index in [2.05, 4.69) is 15.4 Å². The maximum absolute atomic E-state index is 14.1. The molecule has 5 nitrogen and oxygen atoms in total. The molecule has 0 saturated carbocycles. The number of hydrogen-bond acceptors (Lipinski definition) is 3. The maximum atomic E-state index is 14.1. The Morgan fingerprint density at radius 3 is 2.49 bits per heavy atom. The van der Waals surface area contributed by atoms with Crippen LogP contribution in [0.2, 0.25) is 5.02 Å². The lowest BCUT2D eigenvalue weighted by Crippen LogP contribution is -2.24. The van der Waals surface area contributed by atoms with Crippen molar-refractivity contribution in [2.24, 2.45) is 0 Å². The Bertz CT molecular complexity index is 1340. The Kier molecular flexibility index (Phi) is 7.51. The molecule has 0 aliphatic rings. The van der Waals surface area contributed by atoms with Crippen molar-refractivity contribution in [3.63, 3.8) is 0 Å². The van der Waals surface area contributed by atoms with Crippen LogP contribution in [0.3, 0.4) is 0 Å². The van der Waals surface area contributed by atoms with Gasteiger partial charge < -0.3 is 5.32 Å². The number of aromatic nitrogens is 3. The number of aryl methyl sites for hydroxylation is 2. The van der Waals surface area contributed by atoms with Crippen molar-refractivity contribution >= 4 is 17.5 Å². The van der Waals surface area contributed by atoms with Crippen LogP contribution >= 0.6 is 11.6 Å². The normalized spacial score (nSPS) is 11.0. The summed E-state index contributed by atoms with van der Waals surface area (Å²) in [5.41, 5.74) is 3.19. The van der Waals surface area contributed by atoms with Gasteiger partial charge in [-0.3, -0.25) is 14.5 Å². The Morgan fingerprint density at radius 2 is 1.77 bits per heavy atom. The molecule has 0 aliphatic carbocycles. The van der Waals surface area contributed by atoms with Gasteiger partial charge in [0.2, 0.25) is 0 Å². The minimum Gasteiger partial charge on any atom is -0.345 e. The number of hydrogen-bond donors (Lipinski definition) is 1. The predicted molar refractivity (Wildman–Crippen MR) is 127 cm³/mol. The fraction of sp³-hybridized carbons (Fsp3) is 0.192. The topological polar surface area (TPSA) is 59.8 Å². The lowest BCUT2D eigenvalue weighted by atomic mass is 9.99. The van der Waals surface area contributed by atoms with Crippen LogP contribution in [0.4, 0.5) is 13.2 Å². The number of carbonyl (C=O) groups is 1. The van der Waals surface area contributed by atoms with E-state index >= 15 is 0 Å². The summed E-state index contributed by atoms with van der Waals surface area (Å²) in [6.45, 7) is 2.42. The lowest BCUT2D eigenvalue weighted by Gasteiger charge is -2.12. The number of nitrogens with one attached hydrogen (secondary N) is 1. The SMILES string of the molecule is Cc1cc(C(=O)NCc2ccccn2)nn1Cc1cc(Cl)ccc1CCc1c(F)cc(F)cc1F. The standard InChI is InChI=1S/C26H22ClF3N4O/c1-16-10-25(26(35)32-14-21-4-2-3-9-31-21)33-34(16)15-18-11-19(27)7-5-17(18)6-8-22-23(29)12-20(28)13-24(22)30/h2-5,7,9-13H,6,8,14-15H2,1H3,(H,32,35). The largest absolute Gasteiger partial charge is 0.345 e. The zero-order valence-electron chi connectivity index (χ0n) is 18.9. The molecule has 4 aromatic rings. The number of amides is 1. The first-order valence-electron chi connectivity index (χ1n) is 10.9. The second-order valence-electron chi connectivity index (χ2n) is 8.09. The second kappa shape index (κ2) is 10.7. The molecule has 1 amide bonds. The minimum absolute atomic E-state index is 0.0475. The molecule has 0 aliphatic heterocycles. The van der Waals surface area contributed by atoms with Crippen LogP contribution in [0.5, 0.6) is 0 Å². The summed E-state index contributed by atoms with van der Waals surface area (Å²) >= 11 is 6.20. The summed E-state index contributed by atoms with van der Waals surface area (Å²) in [7, 11) is 0. The van der Waals surface area contributed by atoms with Crippen molar-refractivity contribution in [2.45, 2.75) is 32.9 Å². The van der Waals surface area contributed by atoms with E-state index in [4.69, 9.17) is 11.6 Å². The molecule has 0 fully saturated rings. The molecule has 2 aromatic heterocycles. The van der Waals surface area contributed by atoms with Gasteiger partial charge in [-0.2, -0.15) is 5.10 Å². The summed E-state index contributed by atoms with van der Waals surface area (Å²) in [4.78, 5) is 16.7. The summed E-state index contributed by atoms with van der Waals surface area (Å²) < 4.78 is 43.0. The highest BCUT2D eigenvalue weighted by Crippen LogP contribution is 2.22. The van der Waals surface area contributed by atoms with Gasteiger partial charge in [-0.1, -0.05) is 23.7 Å². The van der Waals surface area contributed by atoms with Crippen LogP contribution in [0.25, 0.3) is 0 Å². The molecule has 0 bridgehead atoms. The van der Waals surface area contributed by atoms with Gasteiger partial charge in [0, 0.05) is 34.6 Å². The van der Waals surface area contributed by atoms with Crippen LogP contribution in [0.1, 0.15) is 38.6 Å². The highest BCUT2D eigenvalue weighted by molar-refractivity contribution is 6.30. The van der Waals surface area contributed by atoms with E-state index in [1.54, 1.807) is 41.2 Å². The highest BCUT2D eigenvalue weighted by Gasteiger charge is 2.16. The van der Waals surface area contributed by atoms with E-state index < -0.39 is 17.5 Å². The molecule has 4 rings (SSSR count). The zero-order valence-corrected chi connectivity index (χ0v) is 19.6. The van der Waals surface area contributed by atoms with E-state index in [0.717, 1.165) is 22.5 Å². The van der Waals surface area contributed by atoms with Gasteiger partial charge >= 0.3 is 0 Å². The average Bonchev–Trinajstić information content (AvgIpc) is 3.19. The Morgan fingerprint density at radius 1 is 1.00 bits per heavy atom. The minimum atomic E-state index is -0.954. The van der Waals surface area contributed by atoms with Crippen molar-refractivity contribution in [3.8, 4) is 0 Å². The van der Waals surface area contributed by atoms with Crippen LogP contribution in [-0.4, -0.2) is 20.7 Å². The van der Waals surface area contributed by atoms with Crippen molar-refractivity contribution in [2.75, 3.05) is 0 Å². The quantitative estimate of drug-likeness (QED) is 0.353. The summed E-state index contributed by atoms with van der Waals surface area (Å²) in [6.07, 6.45) is 2.01. The summed E-state index contributed by atoms with van der Waals surface area (Å²) in [5.74, 6) is -3.11. The Hall–Kier alpha value is -3.65. The monoisotopic (exact) mass is 498 g/mol. The third-order valence-electron chi connectivity index (χ3n) is 5.61. The van der Waals surface area contributed by atoms with E-state index in [0.29, 0.717) is 30.1 Å². The molecule has 0 unspecified atom stereocenters. The van der Waals surface area contributed by atoms with Gasteiger partial charge in [-0.25, -0.2) is 13.2 Å². The predicted octanol–water partition coefficient (Wildman–Crippen LogP) is 5.42. The fourth-order valence-electron chi connectivity index (χ4n) is 3.76. The molecule has 35 heavy (non-hydrogen) atoms. The van der Waals surface area contributed by atoms with Gasteiger partial charge in [0.25, 0.3) is 5.91 Å². The van der Waals surface area contributed by atoms with E-state index in [9.17, 15) is 18.0 Å². The van der Waals surface area contributed by atoms with Crippen molar-refractivity contribution in [1.29, 1.82) is 0 Å². The molecule has 180 valence electrons. The van der Waals surface area contributed by atoms with Crippen LogP contribution in [0, 0.1) is 24.4 Å². The summed E-state index contributed by atoms with van der Waals surface area (Å²) in [6, 6.07) is 13.7. The Balaban J connectivity index is 1.49. The highest BCUT2D eigenvalue weighted by atomic mass is 35.5. The van der Waals surface area contributed by atoms with Crippen LogP contribution in [0.15, 0.2) is 60.8 Å². The number of carbonyl (C=O) groups excluding carboxylic acids is 1. The molecular formula is C26H22ClF3N4O. The Labute approximate surface area is 205 Å². The van der Waals surface area contributed by atoms with Crippen LogP contribution in [-0.2, 0) is 25.9 Å². The van der Waals surface area contributed by atoms with Crippen molar-refractivity contribution in [1.82, 2.24) is 20.1 Å². The number of benzene rings is 2. The number of halogens is 4. The third-order valence-corrected chi connectivity index (χ3v) is 5.84. The van der Waals surface area contributed by atoms with E-state index in [1.165, 1.54) is 0 Å². The van der Waals surface area contributed by atoms with Gasteiger partial charge in [-0.15, -0.1) is 0 Å². The second-order valence-corrected chi connectivity index (χ2v) is 8.53. The number of pyridine rings is 1. The zero-order chi connectivity index (χ0) is 24.9. The van der Waals surface area contributed by atoms with E-state index in [-0.39, 0.29) is 30.1 Å². The molecule has 2 aromatic carbocycles. The molecule has 0 atom stereocenters. The average molecular weight is 499 g/mol. The lowest BCUT2D eigenvalue weighted by molar-refractivity contribution is 0.0944. The molecule has 0 saturated heterocycles. The fourth-order valence-corrected chi connectivity index (χ4v) is 3.96.